The van der Waals surface area contributed by atoms with E-state index >= 15 is 0 Å². The largest absolute Gasteiger partial charge is 0.364 e. The molecule has 3 N–H and O–H groups in total. The predicted octanol–water partition coefficient (Wildman–Crippen LogP) is 1.32. The fraction of sp³-hybridized carbons (Fsp3) is 0.263. The summed E-state index contributed by atoms with van der Waals surface area (Å²) in [5.74, 6) is -1.00. The summed E-state index contributed by atoms with van der Waals surface area (Å²) in [5.41, 5.74) is 6.16. The number of amides is 3. The van der Waals surface area contributed by atoms with Crippen molar-refractivity contribution in [1.82, 2.24) is 24.6 Å². The molecule has 10 nitrogen and oxygen atoms in total. The molecule has 3 aromatic rings. The van der Waals surface area contributed by atoms with Crippen molar-refractivity contribution in [2.75, 3.05) is 11.9 Å². The Labute approximate surface area is 179 Å². The molecule has 1 fully saturated rings. The molecular formula is C19H18BrN7O3. The zero-order valence-corrected chi connectivity index (χ0v) is 17.4. The minimum Gasteiger partial charge on any atom is -0.364 e. The minimum absolute atomic E-state index is 0.00859. The third-order valence-corrected chi connectivity index (χ3v) is 5.05. The zero-order chi connectivity index (χ0) is 21.3. The van der Waals surface area contributed by atoms with Crippen molar-refractivity contribution in [2.24, 2.45) is 5.73 Å². The van der Waals surface area contributed by atoms with Gasteiger partial charge in [0.1, 0.15) is 17.7 Å². The molecule has 11 heteroatoms. The first-order valence-corrected chi connectivity index (χ1v) is 10.0. The van der Waals surface area contributed by atoms with Crippen molar-refractivity contribution in [3.05, 3.63) is 47.0 Å². The summed E-state index contributed by atoms with van der Waals surface area (Å²) in [5, 5.41) is 7.45. The number of benzene rings is 1. The van der Waals surface area contributed by atoms with Crippen molar-refractivity contribution in [1.29, 1.82) is 0 Å². The maximum Gasteiger partial charge on any atom is 0.269 e. The van der Waals surface area contributed by atoms with Crippen LogP contribution in [-0.4, -0.2) is 55.0 Å². The van der Waals surface area contributed by atoms with Crippen LogP contribution in [0, 0.1) is 0 Å². The predicted molar refractivity (Wildman–Crippen MR) is 111 cm³/mol. The molecule has 3 amide bonds. The molecule has 2 heterocycles. The van der Waals surface area contributed by atoms with E-state index in [4.69, 9.17) is 5.73 Å². The van der Waals surface area contributed by atoms with E-state index in [1.807, 2.05) is 0 Å². The fourth-order valence-corrected chi connectivity index (χ4v) is 3.50. The van der Waals surface area contributed by atoms with E-state index < -0.39 is 5.91 Å². The van der Waals surface area contributed by atoms with Crippen LogP contribution >= 0.6 is 15.9 Å². The van der Waals surface area contributed by atoms with E-state index in [-0.39, 0.29) is 36.6 Å². The van der Waals surface area contributed by atoms with Gasteiger partial charge in [-0.2, -0.15) is 5.10 Å². The molecule has 1 aromatic carbocycles. The van der Waals surface area contributed by atoms with Gasteiger partial charge in [-0.05, 0) is 34.8 Å². The van der Waals surface area contributed by atoms with Crippen molar-refractivity contribution in [3.63, 3.8) is 0 Å². The Balaban J connectivity index is 1.50. The molecule has 30 heavy (non-hydrogen) atoms. The van der Waals surface area contributed by atoms with Gasteiger partial charge in [0, 0.05) is 11.4 Å². The second-order valence-corrected chi connectivity index (χ2v) is 7.73. The summed E-state index contributed by atoms with van der Waals surface area (Å²) >= 11 is 3.20. The number of fused-ring (bicyclic) bond motifs is 1. The average Bonchev–Trinajstić information content (AvgIpc) is 3.48. The number of halogens is 1. The van der Waals surface area contributed by atoms with Crippen LogP contribution in [0.15, 0.2) is 41.3 Å². The highest BCUT2D eigenvalue weighted by Crippen LogP contribution is 2.27. The summed E-state index contributed by atoms with van der Waals surface area (Å²) in [7, 11) is 0. The standard InChI is InChI=1S/C19H18BrN7O3/c20-14-7-22-8-15(23-14)24-16(28)9-26(11-5-6-11)17(29)10-27-13-4-2-1-3-12(13)18(25-27)19(21)30/h1-4,7-8,11H,5-6,9-10H2,(H2,21,30)(H,23,24,28). The molecule has 4 rings (SSSR count). The molecule has 0 atom stereocenters. The summed E-state index contributed by atoms with van der Waals surface area (Å²) in [4.78, 5) is 46.7. The Kier molecular flexibility index (Phi) is 5.44. The summed E-state index contributed by atoms with van der Waals surface area (Å²) in [6.07, 6.45) is 4.60. The van der Waals surface area contributed by atoms with Crippen molar-refractivity contribution < 1.29 is 14.4 Å². The lowest BCUT2D eigenvalue weighted by molar-refractivity contribution is -0.135. The number of aromatic nitrogens is 4. The molecule has 2 aromatic heterocycles. The number of primary amides is 1. The van der Waals surface area contributed by atoms with E-state index in [9.17, 15) is 14.4 Å². The lowest BCUT2D eigenvalue weighted by Crippen LogP contribution is -2.41. The molecule has 0 radical (unpaired) electrons. The number of hydrogen-bond acceptors (Lipinski definition) is 6. The number of hydrogen-bond donors (Lipinski definition) is 2. The van der Waals surface area contributed by atoms with Crippen LogP contribution < -0.4 is 11.1 Å². The highest BCUT2D eigenvalue weighted by atomic mass is 79.9. The van der Waals surface area contributed by atoms with E-state index in [0.717, 1.165) is 12.8 Å². The molecule has 0 bridgehead atoms. The topological polar surface area (TPSA) is 136 Å². The third kappa shape index (κ3) is 4.30. The average molecular weight is 472 g/mol. The number of carbonyl (C=O) groups excluding carboxylic acids is 3. The SMILES string of the molecule is NC(=O)c1nn(CC(=O)N(CC(=O)Nc2cncc(Br)n2)C2CC2)c2ccccc12. The van der Waals surface area contributed by atoms with Crippen LogP contribution in [-0.2, 0) is 16.1 Å². The molecule has 1 saturated carbocycles. The van der Waals surface area contributed by atoms with E-state index in [2.05, 4.69) is 36.3 Å². The first-order chi connectivity index (χ1) is 14.4. The van der Waals surface area contributed by atoms with E-state index in [1.54, 1.807) is 24.3 Å². The van der Waals surface area contributed by atoms with Crippen LogP contribution in [0.25, 0.3) is 10.9 Å². The van der Waals surface area contributed by atoms with Crippen molar-refractivity contribution in [3.8, 4) is 0 Å². The molecule has 1 aliphatic carbocycles. The Bertz CT molecular complexity index is 1140. The molecule has 0 aliphatic heterocycles. The van der Waals surface area contributed by atoms with Gasteiger partial charge in [0.2, 0.25) is 11.8 Å². The highest BCUT2D eigenvalue weighted by molar-refractivity contribution is 9.10. The second kappa shape index (κ2) is 8.19. The van der Waals surface area contributed by atoms with Crippen molar-refractivity contribution in [2.45, 2.75) is 25.4 Å². The number of anilines is 1. The van der Waals surface area contributed by atoms with E-state index in [0.29, 0.717) is 21.3 Å². The van der Waals surface area contributed by atoms with Crippen LogP contribution in [0.2, 0.25) is 0 Å². The van der Waals surface area contributed by atoms with E-state index in [1.165, 1.54) is 22.0 Å². The molecule has 0 saturated heterocycles. The lowest BCUT2D eigenvalue weighted by atomic mass is 10.2. The highest BCUT2D eigenvalue weighted by Gasteiger charge is 2.34. The lowest BCUT2D eigenvalue weighted by Gasteiger charge is -2.22. The van der Waals surface area contributed by atoms with Gasteiger partial charge in [-0.1, -0.05) is 18.2 Å². The maximum atomic E-state index is 13.0. The van der Waals surface area contributed by atoms with Gasteiger partial charge < -0.3 is 16.0 Å². The third-order valence-electron chi connectivity index (χ3n) is 4.67. The zero-order valence-electron chi connectivity index (χ0n) is 15.8. The molecule has 0 unspecified atom stereocenters. The minimum atomic E-state index is -0.661. The molecule has 1 aliphatic rings. The van der Waals surface area contributed by atoms with Gasteiger partial charge >= 0.3 is 0 Å². The fourth-order valence-electron chi connectivity index (χ4n) is 3.20. The monoisotopic (exact) mass is 471 g/mol. The number of carbonyl (C=O) groups is 3. The normalized spacial score (nSPS) is 13.2. The van der Waals surface area contributed by atoms with Crippen LogP contribution in [0.3, 0.4) is 0 Å². The summed E-state index contributed by atoms with van der Waals surface area (Å²) in [6.45, 7) is -0.214. The Morgan fingerprint density at radius 3 is 2.70 bits per heavy atom. The first-order valence-electron chi connectivity index (χ1n) is 9.24. The Morgan fingerprint density at radius 2 is 2.00 bits per heavy atom. The number of para-hydroxylation sites is 1. The quantitative estimate of drug-likeness (QED) is 0.532. The van der Waals surface area contributed by atoms with Crippen LogP contribution in [0.4, 0.5) is 5.82 Å². The summed E-state index contributed by atoms with van der Waals surface area (Å²) < 4.78 is 1.94. The van der Waals surface area contributed by atoms with Gasteiger partial charge in [-0.15, -0.1) is 0 Å². The van der Waals surface area contributed by atoms with Crippen LogP contribution in [0.1, 0.15) is 23.3 Å². The smallest absolute Gasteiger partial charge is 0.269 e. The van der Waals surface area contributed by atoms with Gasteiger partial charge in [-0.25, -0.2) is 4.98 Å². The van der Waals surface area contributed by atoms with Crippen molar-refractivity contribution >= 4 is 50.4 Å². The maximum absolute atomic E-state index is 13.0. The molecule has 154 valence electrons. The molecular weight excluding hydrogens is 454 g/mol. The van der Waals surface area contributed by atoms with Gasteiger partial charge in [0.05, 0.1) is 17.9 Å². The Hall–Kier alpha value is -3.34. The van der Waals surface area contributed by atoms with Gasteiger partial charge in [-0.3, -0.25) is 24.0 Å². The number of rotatable bonds is 7. The Morgan fingerprint density at radius 1 is 1.23 bits per heavy atom. The molecule has 0 spiro atoms. The van der Waals surface area contributed by atoms with Gasteiger partial charge in [0.25, 0.3) is 5.91 Å². The summed E-state index contributed by atoms with van der Waals surface area (Å²) in [6, 6.07) is 7.07. The van der Waals surface area contributed by atoms with Gasteiger partial charge in [0.15, 0.2) is 11.5 Å². The number of nitrogens with zero attached hydrogens (tertiary/aromatic N) is 5. The first kappa shape index (κ1) is 20.0. The second-order valence-electron chi connectivity index (χ2n) is 6.92. The number of nitrogens with one attached hydrogen (secondary N) is 1. The van der Waals surface area contributed by atoms with Crippen LogP contribution in [0.5, 0.6) is 0 Å². The number of nitrogens with two attached hydrogens (primary N) is 1.